The molecule has 0 aliphatic heterocycles. The molecule has 0 bridgehead atoms. The molecule has 8 heteroatoms. The molecule has 1 fully saturated rings. The van der Waals surface area contributed by atoms with Crippen LogP contribution in [0, 0.1) is 6.92 Å². The Morgan fingerprint density at radius 2 is 1.87 bits per heavy atom. The van der Waals surface area contributed by atoms with Crippen molar-refractivity contribution in [3.05, 3.63) is 71.9 Å². The fourth-order valence-corrected chi connectivity index (χ4v) is 3.30. The maximum absolute atomic E-state index is 12.7. The summed E-state index contributed by atoms with van der Waals surface area (Å²) in [6.45, 7) is 1.81. The molecule has 31 heavy (non-hydrogen) atoms. The van der Waals surface area contributed by atoms with Crippen molar-refractivity contribution < 1.29 is 14.1 Å². The molecule has 1 aliphatic rings. The number of carbonyl (C=O) groups excluding carboxylic acids is 1. The number of ether oxygens (including phenoxy) is 1. The van der Waals surface area contributed by atoms with E-state index in [9.17, 15) is 4.79 Å². The van der Waals surface area contributed by atoms with Gasteiger partial charge in [-0.3, -0.25) is 4.79 Å². The second kappa shape index (κ2) is 7.71. The van der Waals surface area contributed by atoms with Gasteiger partial charge in [-0.1, -0.05) is 5.16 Å². The van der Waals surface area contributed by atoms with Gasteiger partial charge in [0.2, 0.25) is 11.7 Å². The fourth-order valence-electron chi connectivity index (χ4n) is 3.30. The molecule has 0 spiro atoms. The van der Waals surface area contributed by atoms with Gasteiger partial charge in [0.1, 0.15) is 5.75 Å². The molecule has 4 aromatic rings. The highest BCUT2D eigenvalue weighted by atomic mass is 16.5. The lowest BCUT2D eigenvalue weighted by Crippen LogP contribution is -2.12. The Labute approximate surface area is 178 Å². The van der Waals surface area contributed by atoms with Crippen LogP contribution in [0.15, 0.2) is 59.3 Å². The van der Waals surface area contributed by atoms with Crippen LogP contribution in [0.1, 0.15) is 40.7 Å². The van der Waals surface area contributed by atoms with E-state index in [1.54, 1.807) is 42.3 Å². The van der Waals surface area contributed by atoms with Gasteiger partial charge >= 0.3 is 0 Å². The summed E-state index contributed by atoms with van der Waals surface area (Å²) in [7, 11) is 1.60. The zero-order valence-corrected chi connectivity index (χ0v) is 17.2. The van der Waals surface area contributed by atoms with Gasteiger partial charge in [-0.05, 0) is 68.3 Å². The van der Waals surface area contributed by atoms with Crippen molar-refractivity contribution in [2.75, 3.05) is 12.4 Å². The van der Waals surface area contributed by atoms with Gasteiger partial charge in [0.15, 0.2) is 0 Å². The standard InChI is InChI=1S/C23H21N5O3/c1-14-20(22(29)24-17-7-11-19(30-2)12-8-17)13-28(26-14)18-9-5-15(6-10-18)21-25-23(31-27-21)16-3-4-16/h5-13,16H,3-4H2,1-2H3,(H,24,29). The van der Waals surface area contributed by atoms with Crippen LogP contribution >= 0.6 is 0 Å². The van der Waals surface area contributed by atoms with Crippen molar-refractivity contribution in [3.63, 3.8) is 0 Å². The Morgan fingerprint density at radius 1 is 1.13 bits per heavy atom. The third-order valence-electron chi connectivity index (χ3n) is 5.25. The minimum absolute atomic E-state index is 0.218. The van der Waals surface area contributed by atoms with Crippen LogP contribution in [0.25, 0.3) is 17.1 Å². The third-order valence-corrected chi connectivity index (χ3v) is 5.25. The highest BCUT2D eigenvalue weighted by Crippen LogP contribution is 2.39. The number of amides is 1. The monoisotopic (exact) mass is 415 g/mol. The Bertz CT molecular complexity index is 1220. The van der Waals surface area contributed by atoms with Gasteiger partial charge in [-0.15, -0.1) is 0 Å². The Morgan fingerprint density at radius 3 is 2.55 bits per heavy atom. The summed E-state index contributed by atoms with van der Waals surface area (Å²) in [6, 6.07) is 14.9. The van der Waals surface area contributed by atoms with Crippen molar-refractivity contribution in [1.82, 2.24) is 19.9 Å². The lowest BCUT2D eigenvalue weighted by Gasteiger charge is -2.05. The molecule has 0 unspecified atom stereocenters. The topological polar surface area (TPSA) is 95.1 Å². The maximum Gasteiger partial charge on any atom is 0.259 e. The molecule has 8 nitrogen and oxygen atoms in total. The minimum atomic E-state index is -0.218. The number of nitrogens with zero attached hydrogens (tertiary/aromatic N) is 4. The number of hydrogen-bond donors (Lipinski definition) is 1. The molecule has 0 atom stereocenters. The Hall–Kier alpha value is -3.94. The van der Waals surface area contributed by atoms with Gasteiger partial charge in [0, 0.05) is 23.4 Å². The molecule has 2 heterocycles. The average molecular weight is 415 g/mol. The molecule has 0 radical (unpaired) electrons. The summed E-state index contributed by atoms with van der Waals surface area (Å²) in [4.78, 5) is 17.2. The number of aromatic nitrogens is 4. The zero-order valence-electron chi connectivity index (χ0n) is 17.2. The molecular formula is C23H21N5O3. The van der Waals surface area contributed by atoms with E-state index in [0.29, 0.717) is 34.6 Å². The van der Waals surface area contributed by atoms with E-state index >= 15 is 0 Å². The van der Waals surface area contributed by atoms with E-state index in [1.165, 1.54) is 0 Å². The van der Waals surface area contributed by atoms with Crippen LogP contribution in [0.5, 0.6) is 5.75 Å². The van der Waals surface area contributed by atoms with Crippen molar-refractivity contribution >= 4 is 11.6 Å². The second-order valence-electron chi connectivity index (χ2n) is 7.53. The van der Waals surface area contributed by atoms with Crippen molar-refractivity contribution in [2.24, 2.45) is 0 Å². The zero-order chi connectivity index (χ0) is 21.4. The highest BCUT2D eigenvalue weighted by Gasteiger charge is 2.29. The van der Waals surface area contributed by atoms with E-state index in [4.69, 9.17) is 9.26 Å². The number of methoxy groups -OCH3 is 1. The predicted molar refractivity (Wildman–Crippen MR) is 115 cm³/mol. The number of hydrogen-bond acceptors (Lipinski definition) is 6. The van der Waals surface area contributed by atoms with Gasteiger partial charge in [-0.2, -0.15) is 10.1 Å². The number of rotatable bonds is 6. The summed E-state index contributed by atoms with van der Waals surface area (Å²) in [6.07, 6.45) is 3.96. The molecule has 1 N–H and O–H groups in total. The molecule has 2 aromatic carbocycles. The fraction of sp³-hybridized carbons (Fsp3) is 0.217. The highest BCUT2D eigenvalue weighted by molar-refractivity contribution is 6.04. The molecular weight excluding hydrogens is 394 g/mol. The van der Waals surface area contributed by atoms with Gasteiger partial charge < -0.3 is 14.6 Å². The second-order valence-corrected chi connectivity index (χ2v) is 7.53. The first-order valence-electron chi connectivity index (χ1n) is 10.1. The first kappa shape index (κ1) is 19.0. The van der Waals surface area contributed by atoms with E-state index in [-0.39, 0.29) is 5.91 Å². The average Bonchev–Trinajstić information content (AvgIpc) is 3.39. The molecule has 1 amide bonds. The van der Waals surface area contributed by atoms with Crippen molar-refractivity contribution in [2.45, 2.75) is 25.7 Å². The van der Waals surface area contributed by atoms with Crippen LogP contribution in [-0.2, 0) is 0 Å². The summed E-state index contributed by atoms with van der Waals surface area (Å²) >= 11 is 0. The summed E-state index contributed by atoms with van der Waals surface area (Å²) in [5, 5.41) is 11.5. The summed E-state index contributed by atoms with van der Waals surface area (Å²) in [5.41, 5.74) is 3.55. The normalized spacial score (nSPS) is 13.2. The first-order valence-corrected chi connectivity index (χ1v) is 10.1. The molecule has 1 saturated carbocycles. The van der Waals surface area contributed by atoms with Crippen LogP contribution in [0.4, 0.5) is 5.69 Å². The van der Waals surface area contributed by atoms with Gasteiger partial charge in [0.05, 0.1) is 24.1 Å². The molecule has 0 saturated heterocycles. The van der Waals surface area contributed by atoms with E-state index in [2.05, 4.69) is 20.6 Å². The lowest BCUT2D eigenvalue weighted by molar-refractivity contribution is 0.102. The number of nitrogens with one attached hydrogen (secondary N) is 1. The van der Waals surface area contributed by atoms with E-state index in [0.717, 1.165) is 29.8 Å². The molecule has 1 aliphatic carbocycles. The Kier molecular flexibility index (Phi) is 4.74. The largest absolute Gasteiger partial charge is 0.497 e. The van der Waals surface area contributed by atoms with Crippen LogP contribution < -0.4 is 10.1 Å². The molecule has 156 valence electrons. The van der Waals surface area contributed by atoms with Crippen molar-refractivity contribution in [1.29, 1.82) is 0 Å². The molecule has 5 rings (SSSR count). The minimum Gasteiger partial charge on any atom is -0.497 e. The predicted octanol–water partition coefficient (Wildman–Crippen LogP) is 4.37. The smallest absolute Gasteiger partial charge is 0.259 e. The van der Waals surface area contributed by atoms with Gasteiger partial charge in [-0.25, -0.2) is 4.68 Å². The number of benzene rings is 2. The molecule has 2 aromatic heterocycles. The summed E-state index contributed by atoms with van der Waals surface area (Å²) in [5.74, 6) is 2.24. The van der Waals surface area contributed by atoms with Crippen molar-refractivity contribution in [3.8, 4) is 22.8 Å². The van der Waals surface area contributed by atoms with E-state index in [1.807, 2.05) is 31.2 Å². The number of aryl methyl sites for hydroxylation is 1. The van der Waals surface area contributed by atoms with Crippen LogP contribution in [0.3, 0.4) is 0 Å². The third kappa shape index (κ3) is 3.92. The van der Waals surface area contributed by atoms with Crippen LogP contribution in [0.2, 0.25) is 0 Å². The first-order chi connectivity index (χ1) is 15.1. The van der Waals surface area contributed by atoms with E-state index < -0.39 is 0 Å². The number of anilines is 1. The number of carbonyl (C=O) groups is 1. The maximum atomic E-state index is 12.7. The van der Waals surface area contributed by atoms with Gasteiger partial charge in [0.25, 0.3) is 5.91 Å². The summed E-state index contributed by atoms with van der Waals surface area (Å²) < 4.78 is 12.2. The Balaban J connectivity index is 1.32. The lowest BCUT2D eigenvalue weighted by atomic mass is 10.2. The van der Waals surface area contributed by atoms with Crippen LogP contribution in [-0.4, -0.2) is 32.9 Å². The SMILES string of the molecule is COc1ccc(NC(=O)c2cn(-c3ccc(-c4noc(C5CC5)n4)cc3)nc2C)cc1. The quantitative estimate of drug-likeness (QED) is 0.502.